The summed E-state index contributed by atoms with van der Waals surface area (Å²) in [5, 5.41) is 13.8. The topological polar surface area (TPSA) is 105 Å². The summed E-state index contributed by atoms with van der Waals surface area (Å²) in [6.07, 6.45) is 38.4. The molecule has 0 aromatic rings. The van der Waals surface area contributed by atoms with Crippen LogP contribution in [-0.4, -0.2) is 73.4 Å². The molecular formula is C39H72N2O6P+. The highest BCUT2D eigenvalue weighted by atomic mass is 31.2. The Kier molecular flexibility index (Phi) is 30.0. The normalized spacial score (nSPS) is 15.4. The Morgan fingerprint density at radius 1 is 0.708 bits per heavy atom. The molecule has 0 aromatic carbocycles. The van der Waals surface area contributed by atoms with Crippen molar-refractivity contribution in [3.63, 3.8) is 0 Å². The number of amides is 1. The zero-order valence-corrected chi connectivity index (χ0v) is 32.1. The van der Waals surface area contributed by atoms with Crippen molar-refractivity contribution in [3.8, 4) is 0 Å². The van der Waals surface area contributed by atoms with E-state index in [1.165, 1.54) is 51.4 Å². The fourth-order valence-electron chi connectivity index (χ4n) is 4.82. The van der Waals surface area contributed by atoms with E-state index in [9.17, 15) is 19.4 Å². The molecule has 278 valence electrons. The number of likely N-dealkylation sites (N-methyl/N-ethyl adjacent to an activating group) is 1. The van der Waals surface area contributed by atoms with Gasteiger partial charge < -0.3 is 19.8 Å². The molecule has 3 atom stereocenters. The predicted octanol–water partition coefficient (Wildman–Crippen LogP) is 9.51. The van der Waals surface area contributed by atoms with Gasteiger partial charge in [-0.15, -0.1) is 0 Å². The van der Waals surface area contributed by atoms with Crippen molar-refractivity contribution in [1.29, 1.82) is 0 Å². The largest absolute Gasteiger partial charge is 0.472 e. The van der Waals surface area contributed by atoms with Gasteiger partial charge in [0.2, 0.25) is 5.91 Å². The lowest BCUT2D eigenvalue weighted by atomic mass is 10.0. The van der Waals surface area contributed by atoms with Gasteiger partial charge in [-0.1, -0.05) is 145 Å². The van der Waals surface area contributed by atoms with E-state index in [0.717, 1.165) is 51.4 Å². The molecule has 0 aliphatic rings. The summed E-state index contributed by atoms with van der Waals surface area (Å²) in [6, 6.07) is -0.814. The molecule has 0 radical (unpaired) electrons. The molecule has 0 spiro atoms. The average Bonchev–Trinajstić information content (AvgIpc) is 3.02. The Labute approximate surface area is 294 Å². The van der Waals surface area contributed by atoms with E-state index in [1.807, 2.05) is 27.2 Å². The molecule has 48 heavy (non-hydrogen) atoms. The van der Waals surface area contributed by atoms with Crippen molar-refractivity contribution >= 4 is 13.7 Å². The van der Waals surface area contributed by atoms with E-state index >= 15 is 0 Å². The van der Waals surface area contributed by atoms with Crippen LogP contribution < -0.4 is 5.32 Å². The molecule has 0 aliphatic heterocycles. The van der Waals surface area contributed by atoms with Crippen LogP contribution in [0, 0.1) is 0 Å². The zero-order chi connectivity index (χ0) is 35.8. The van der Waals surface area contributed by atoms with Crippen molar-refractivity contribution in [2.45, 2.75) is 142 Å². The lowest BCUT2D eigenvalue weighted by molar-refractivity contribution is -0.870. The van der Waals surface area contributed by atoms with Gasteiger partial charge in [0, 0.05) is 6.42 Å². The number of hydrogen-bond acceptors (Lipinski definition) is 5. The maximum Gasteiger partial charge on any atom is 0.472 e. The molecule has 0 bridgehead atoms. The molecule has 0 aliphatic carbocycles. The first kappa shape index (κ1) is 46.2. The fraction of sp³-hybridized carbons (Fsp3) is 0.718. The van der Waals surface area contributed by atoms with Gasteiger partial charge in [-0.25, -0.2) is 4.57 Å². The Morgan fingerprint density at radius 3 is 1.65 bits per heavy atom. The van der Waals surface area contributed by atoms with Gasteiger partial charge in [0.1, 0.15) is 13.2 Å². The highest BCUT2D eigenvalue weighted by Gasteiger charge is 2.28. The summed E-state index contributed by atoms with van der Waals surface area (Å²) in [6.45, 7) is 4.65. The number of carbonyl (C=O) groups excluding carboxylic acids is 1. The van der Waals surface area contributed by atoms with Gasteiger partial charge in [0.05, 0.1) is 39.9 Å². The number of aliphatic hydroxyl groups is 1. The maximum atomic E-state index is 12.7. The monoisotopic (exact) mass is 696 g/mol. The first-order chi connectivity index (χ1) is 23.0. The van der Waals surface area contributed by atoms with Gasteiger partial charge in [0.25, 0.3) is 0 Å². The standard InChI is InChI=1S/C39H71N2O6P/c1-6-8-10-12-14-16-18-19-20-21-23-25-27-29-31-33-39(43)40-37(36-47-48(44,45)46-35-34-41(3,4)5)38(42)32-30-28-26-24-22-17-15-13-11-9-7-2/h8,10,14,16,19-20,23,25,29,31,37-38,42H,6-7,9,11-13,15,17-18,21-22,24,26-28,30,32-36H2,1-5H3,(H-,40,43,44,45)/p+1/b10-8-,16-14-,20-19-,25-23-,31-29-. The van der Waals surface area contributed by atoms with Crippen LogP contribution in [0.15, 0.2) is 60.8 Å². The third-order valence-electron chi connectivity index (χ3n) is 7.81. The van der Waals surface area contributed by atoms with E-state index in [0.29, 0.717) is 17.4 Å². The average molecular weight is 696 g/mol. The number of phosphoric ester groups is 1. The molecule has 0 rings (SSSR count). The first-order valence-corrected chi connectivity index (χ1v) is 20.1. The van der Waals surface area contributed by atoms with E-state index in [-0.39, 0.29) is 25.5 Å². The van der Waals surface area contributed by atoms with Crippen molar-refractivity contribution in [3.05, 3.63) is 60.8 Å². The third kappa shape index (κ3) is 32.7. The summed E-state index contributed by atoms with van der Waals surface area (Å²) < 4.78 is 23.4. The number of aliphatic hydroxyl groups excluding tert-OH is 1. The van der Waals surface area contributed by atoms with Gasteiger partial charge in [-0.2, -0.15) is 0 Å². The molecule has 0 saturated heterocycles. The minimum atomic E-state index is -4.33. The van der Waals surface area contributed by atoms with E-state index in [1.54, 1.807) is 6.08 Å². The van der Waals surface area contributed by atoms with Crippen LogP contribution in [0.25, 0.3) is 0 Å². The van der Waals surface area contributed by atoms with Gasteiger partial charge >= 0.3 is 7.82 Å². The zero-order valence-electron chi connectivity index (χ0n) is 31.2. The Balaban J connectivity index is 4.66. The molecule has 0 fully saturated rings. The summed E-state index contributed by atoms with van der Waals surface area (Å²) in [4.78, 5) is 22.9. The van der Waals surface area contributed by atoms with E-state index in [4.69, 9.17) is 9.05 Å². The van der Waals surface area contributed by atoms with Crippen LogP contribution >= 0.6 is 7.82 Å². The van der Waals surface area contributed by atoms with Crippen molar-refractivity contribution in [2.24, 2.45) is 0 Å². The van der Waals surface area contributed by atoms with Gasteiger partial charge in [0.15, 0.2) is 0 Å². The summed E-state index contributed by atoms with van der Waals surface area (Å²) >= 11 is 0. The Hall–Kier alpha value is -1.80. The molecule has 0 saturated carbocycles. The lowest BCUT2D eigenvalue weighted by Gasteiger charge is -2.26. The second-order valence-corrected chi connectivity index (χ2v) is 15.0. The minimum Gasteiger partial charge on any atom is -0.391 e. The second kappa shape index (κ2) is 31.2. The first-order valence-electron chi connectivity index (χ1n) is 18.7. The molecular weight excluding hydrogens is 623 g/mol. The minimum absolute atomic E-state index is 0.0552. The number of nitrogens with zero attached hydrogens (tertiary/aromatic N) is 1. The van der Waals surface area contributed by atoms with Crippen LogP contribution in [0.2, 0.25) is 0 Å². The number of allylic oxidation sites excluding steroid dienone is 9. The predicted molar refractivity (Wildman–Crippen MR) is 203 cm³/mol. The molecule has 3 unspecified atom stereocenters. The SMILES string of the molecule is CC/C=C\C/C=C\C/C=C\C/C=C\C/C=C\CC(=O)NC(COP(=O)(O)OCC[N+](C)(C)C)C(O)CCCCCCCCCCCCC. The lowest BCUT2D eigenvalue weighted by Crippen LogP contribution is -2.46. The molecule has 3 N–H and O–H groups in total. The maximum absolute atomic E-state index is 12.7. The number of nitrogens with one attached hydrogen (secondary N) is 1. The third-order valence-corrected chi connectivity index (χ3v) is 8.79. The van der Waals surface area contributed by atoms with Crippen LogP contribution in [0.5, 0.6) is 0 Å². The second-order valence-electron chi connectivity index (χ2n) is 13.6. The van der Waals surface area contributed by atoms with Crippen LogP contribution in [-0.2, 0) is 18.4 Å². The summed E-state index contributed by atoms with van der Waals surface area (Å²) in [5.74, 6) is -0.276. The van der Waals surface area contributed by atoms with E-state index in [2.05, 4.69) is 67.8 Å². The molecule has 9 heteroatoms. The van der Waals surface area contributed by atoms with Crippen molar-refractivity contribution < 1.29 is 32.9 Å². The number of rotatable bonds is 32. The number of phosphoric acid groups is 1. The summed E-state index contributed by atoms with van der Waals surface area (Å²) in [7, 11) is 1.55. The van der Waals surface area contributed by atoms with Crippen LogP contribution in [0.4, 0.5) is 0 Å². The Bertz CT molecular complexity index is 970. The van der Waals surface area contributed by atoms with Crippen LogP contribution in [0.1, 0.15) is 129 Å². The van der Waals surface area contributed by atoms with Gasteiger partial charge in [-0.05, 0) is 38.5 Å². The van der Waals surface area contributed by atoms with Gasteiger partial charge in [-0.3, -0.25) is 13.8 Å². The number of quaternary nitrogens is 1. The molecule has 1 amide bonds. The van der Waals surface area contributed by atoms with E-state index < -0.39 is 20.0 Å². The van der Waals surface area contributed by atoms with Crippen molar-refractivity contribution in [1.82, 2.24) is 5.32 Å². The number of unbranched alkanes of at least 4 members (excludes halogenated alkanes) is 10. The summed E-state index contributed by atoms with van der Waals surface area (Å²) in [5.41, 5.74) is 0. The number of carbonyl (C=O) groups is 1. The molecule has 0 heterocycles. The highest BCUT2D eigenvalue weighted by molar-refractivity contribution is 7.47. The smallest absolute Gasteiger partial charge is 0.391 e. The number of hydrogen-bond donors (Lipinski definition) is 3. The molecule has 0 aromatic heterocycles. The quantitative estimate of drug-likeness (QED) is 0.0280. The van der Waals surface area contributed by atoms with Crippen molar-refractivity contribution in [2.75, 3.05) is 40.9 Å². The fourth-order valence-corrected chi connectivity index (χ4v) is 5.55. The van der Waals surface area contributed by atoms with Crippen LogP contribution in [0.3, 0.4) is 0 Å². The molecule has 8 nitrogen and oxygen atoms in total. The Morgan fingerprint density at radius 2 is 1.17 bits per heavy atom. The highest BCUT2D eigenvalue weighted by Crippen LogP contribution is 2.43.